The SMILES string of the molecule is C=CCCN1CCOC(C#N)C1. The number of nitriles is 1. The molecule has 0 radical (unpaired) electrons. The van der Waals surface area contributed by atoms with Gasteiger partial charge in [0.2, 0.25) is 0 Å². The summed E-state index contributed by atoms with van der Waals surface area (Å²) in [5.74, 6) is 0. The van der Waals surface area contributed by atoms with Crippen LogP contribution in [0.15, 0.2) is 12.7 Å². The van der Waals surface area contributed by atoms with E-state index in [9.17, 15) is 0 Å². The Morgan fingerprint density at radius 2 is 2.58 bits per heavy atom. The minimum Gasteiger partial charge on any atom is -0.361 e. The van der Waals surface area contributed by atoms with Crippen LogP contribution in [0.4, 0.5) is 0 Å². The van der Waals surface area contributed by atoms with Crippen molar-refractivity contribution in [2.45, 2.75) is 12.5 Å². The fourth-order valence-electron chi connectivity index (χ4n) is 1.26. The summed E-state index contributed by atoms with van der Waals surface area (Å²) < 4.78 is 5.21. The van der Waals surface area contributed by atoms with Gasteiger partial charge in [0.1, 0.15) is 0 Å². The van der Waals surface area contributed by atoms with Gasteiger partial charge in [0.05, 0.1) is 12.7 Å². The molecule has 1 atom stereocenters. The highest BCUT2D eigenvalue weighted by atomic mass is 16.5. The summed E-state index contributed by atoms with van der Waals surface area (Å²) in [5.41, 5.74) is 0. The van der Waals surface area contributed by atoms with E-state index >= 15 is 0 Å². The first-order chi connectivity index (χ1) is 5.86. The molecule has 1 rings (SSSR count). The summed E-state index contributed by atoms with van der Waals surface area (Å²) in [7, 11) is 0. The first-order valence-corrected chi connectivity index (χ1v) is 4.21. The van der Waals surface area contributed by atoms with Gasteiger partial charge < -0.3 is 4.74 Å². The Kier molecular flexibility index (Phi) is 3.78. The molecule has 1 aliphatic rings. The minimum absolute atomic E-state index is 0.233. The van der Waals surface area contributed by atoms with E-state index in [-0.39, 0.29) is 6.10 Å². The van der Waals surface area contributed by atoms with Crippen LogP contribution in [0, 0.1) is 11.3 Å². The summed E-state index contributed by atoms with van der Waals surface area (Å²) in [4.78, 5) is 2.24. The Morgan fingerprint density at radius 1 is 1.75 bits per heavy atom. The van der Waals surface area contributed by atoms with Gasteiger partial charge in [-0.2, -0.15) is 5.26 Å². The van der Waals surface area contributed by atoms with Crippen LogP contribution >= 0.6 is 0 Å². The van der Waals surface area contributed by atoms with E-state index < -0.39 is 0 Å². The second kappa shape index (κ2) is 4.91. The predicted octanol–water partition coefficient (Wildman–Crippen LogP) is 0.787. The van der Waals surface area contributed by atoms with Crippen molar-refractivity contribution < 1.29 is 4.74 Å². The third kappa shape index (κ3) is 2.65. The summed E-state index contributed by atoms with van der Waals surface area (Å²) in [6.45, 7) is 7.01. The van der Waals surface area contributed by atoms with Crippen molar-refractivity contribution in [1.82, 2.24) is 4.90 Å². The molecule has 12 heavy (non-hydrogen) atoms. The number of hydrogen-bond donors (Lipinski definition) is 0. The highest BCUT2D eigenvalue weighted by molar-refractivity contribution is 4.89. The molecule has 0 aromatic carbocycles. The first kappa shape index (κ1) is 9.24. The summed E-state index contributed by atoms with van der Waals surface area (Å²) >= 11 is 0. The van der Waals surface area contributed by atoms with Gasteiger partial charge in [0.15, 0.2) is 6.10 Å². The second-order valence-corrected chi connectivity index (χ2v) is 2.87. The lowest BCUT2D eigenvalue weighted by molar-refractivity contribution is 0.00129. The predicted molar refractivity (Wildman–Crippen MR) is 46.6 cm³/mol. The second-order valence-electron chi connectivity index (χ2n) is 2.87. The largest absolute Gasteiger partial charge is 0.361 e. The maximum Gasteiger partial charge on any atom is 0.156 e. The van der Waals surface area contributed by atoms with Gasteiger partial charge in [-0.15, -0.1) is 6.58 Å². The quantitative estimate of drug-likeness (QED) is 0.581. The minimum atomic E-state index is -0.233. The molecule has 1 fully saturated rings. The van der Waals surface area contributed by atoms with Gasteiger partial charge >= 0.3 is 0 Å². The summed E-state index contributed by atoms with van der Waals surface area (Å²) in [6.07, 6.45) is 2.65. The summed E-state index contributed by atoms with van der Waals surface area (Å²) in [5, 5.41) is 8.61. The molecule has 0 bridgehead atoms. The van der Waals surface area contributed by atoms with Crippen LogP contribution in [0.5, 0.6) is 0 Å². The third-order valence-electron chi connectivity index (χ3n) is 1.94. The zero-order valence-corrected chi connectivity index (χ0v) is 7.20. The van der Waals surface area contributed by atoms with Gasteiger partial charge in [-0.25, -0.2) is 0 Å². The molecule has 66 valence electrons. The fraction of sp³-hybridized carbons (Fsp3) is 0.667. The smallest absolute Gasteiger partial charge is 0.156 e. The Hall–Kier alpha value is -0.850. The summed E-state index contributed by atoms with van der Waals surface area (Å²) in [6, 6.07) is 2.12. The maximum absolute atomic E-state index is 8.61. The number of hydrogen-bond acceptors (Lipinski definition) is 3. The average Bonchev–Trinajstić information content (AvgIpc) is 2.15. The van der Waals surface area contributed by atoms with Crippen LogP contribution in [-0.2, 0) is 4.74 Å². The normalized spacial score (nSPS) is 24.8. The molecular formula is C9H14N2O. The van der Waals surface area contributed by atoms with Crippen molar-refractivity contribution >= 4 is 0 Å². The van der Waals surface area contributed by atoms with Crippen LogP contribution in [0.2, 0.25) is 0 Å². The van der Waals surface area contributed by atoms with E-state index in [1.807, 2.05) is 6.08 Å². The molecule has 0 N–H and O–H groups in total. The Bertz CT molecular complexity index is 185. The van der Waals surface area contributed by atoms with Crippen molar-refractivity contribution in [3.05, 3.63) is 12.7 Å². The molecule has 0 spiro atoms. The van der Waals surface area contributed by atoms with Gasteiger partial charge in [-0.05, 0) is 6.42 Å². The zero-order chi connectivity index (χ0) is 8.81. The van der Waals surface area contributed by atoms with Crippen molar-refractivity contribution in [3.8, 4) is 6.07 Å². The Balaban J connectivity index is 2.26. The van der Waals surface area contributed by atoms with Gasteiger partial charge in [0, 0.05) is 19.6 Å². The lowest BCUT2D eigenvalue weighted by atomic mass is 10.2. The Labute approximate surface area is 73.2 Å². The van der Waals surface area contributed by atoms with E-state index in [1.165, 1.54) is 0 Å². The molecule has 0 amide bonds. The molecule has 0 saturated carbocycles. The van der Waals surface area contributed by atoms with Crippen LogP contribution in [0.1, 0.15) is 6.42 Å². The first-order valence-electron chi connectivity index (χ1n) is 4.21. The topological polar surface area (TPSA) is 36.3 Å². The molecule has 0 aromatic heterocycles. The van der Waals surface area contributed by atoms with Gasteiger partial charge in [-0.3, -0.25) is 4.90 Å². The van der Waals surface area contributed by atoms with Gasteiger partial charge in [0.25, 0.3) is 0 Å². The Morgan fingerprint density at radius 3 is 3.25 bits per heavy atom. The van der Waals surface area contributed by atoms with Gasteiger partial charge in [-0.1, -0.05) is 6.08 Å². The monoisotopic (exact) mass is 166 g/mol. The van der Waals surface area contributed by atoms with E-state index in [2.05, 4.69) is 17.5 Å². The van der Waals surface area contributed by atoms with Crippen molar-refractivity contribution in [3.63, 3.8) is 0 Å². The average molecular weight is 166 g/mol. The number of nitrogens with zero attached hydrogens (tertiary/aromatic N) is 2. The van der Waals surface area contributed by atoms with Crippen LogP contribution in [0.3, 0.4) is 0 Å². The van der Waals surface area contributed by atoms with Crippen molar-refractivity contribution in [2.24, 2.45) is 0 Å². The molecular weight excluding hydrogens is 152 g/mol. The third-order valence-corrected chi connectivity index (χ3v) is 1.94. The molecule has 3 heteroatoms. The maximum atomic E-state index is 8.61. The van der Waals surface area contributed by atoms with E-state index in [0.717, 1.165) is 26.1 Å². The molecule has 1 heterocycles. The number of morpholine rings is 1. The van der Waals surface area contributed by atoms with E-state index in [0.29, 0.717) is 6.61 Å². The lowest BCUT2D eigenvalue weighted by Crippen LogP contribution is -2.42. The highest BCUT2D eigenvalue weighted by Gasteiger charge is 2.18. The molecule has 0 aliphatic carbocycles. The van der Waals surface area contributed by atoms with Crippen molar-refractivity contribution in [2.75, 3.05) is 26.2 Å². The molecule has 1 unspecified atom stereocenters. The molecule has 1 saturated heterocycles. The highest BCUT2D eigenvalue weighted by Crippen LogP contribution is 2.04. The van der Waals surface area contributed by atoms with Crippen LogP contribution in [-0.4, -0.2) is 37.2 Å². The lowest BCUT2D eigenvalue weighted by Gasteiger charge is -2.29. The molecule has 1 aliphatic heterocycles. The van der Waals surface area contributed by atoms with E-state index in [1.54, 1.807) is 0 Å². The van der Waals surface area contributed by atoms with Crippen LogP contribution in [0.25, 0.3) is 0 Å². The van der Waals surface area contributed by atoms with Crippen LogP contribution < -0.4 is 0 Å². The molecule has 3 nitrogen and oxygen atoms in total. The zero-order valence-electron chi connectivity index (χ0n) is 7.20. The van der Waals surface area contributed by atoms with Crippen molar-refractivity contribution in [1.29, 1.82) is 5.26 Å². The fourth-order valence-corrected chi connectivity index (χ4v) is 1.26. The number of ether oxygens (including phenoxy) is 1. The van der Waals surface area contributed by atoms with E-state index in [4.69, 9.17) is 10.00 Å². The standard InChI is InChI=1S/C9H14N2O/c1-2-3-4-11-5-6-12-9(7-10)8-11/h2,9H,1,3-6,8H2. The number of rotatable bonds is 3. The molecule has 0 aromatic rings.